The first-order valence-corrected chi connectivity index (χ1v) is 9.51. The van der Waals surface area contributed by atoms with Gasteiger partial charge in [0.1, 0.15) is 0 Å². The molecule has 0 spiro atoms. The van der Waals surface area contributed by atoms with Crippen molar-refractivity contribution in [1.82, 2.24) is 4.90 Å². The average Bonchev–Trinajstić information content (AvgIpc) is 2.74. The Morgan fingerprint density at radius 3 is 2.32 bits per heavy atom. The van der Waals surface area contributed by atoms with Crippen LogP contribution in [0.25, 0.3) is 0 Å². The maximum Gasteiger partial charge on any atom is 0.337 e. The molecule has 2 aromatic rings. The second-order valence-corrected chi connectivity index (χ2v) is 7.01. The van der Waals surface area contributed by atoms with Gasteiger partial charge < -0.3 is 19.9 Å². The Hall–Kier alpha value is -3.02. The number of anilines is 2. The van der Waals surface area contributed by atoms with E-state index in [1.165, 1.54) is 23.9 Å². The Labute approximate surface area is 166 Å². The van der Waals surface area contributed by atoms with Gasteiger partial charge in [0.2, 0.25) is 5.91 Å². The van der Waals surface area contributed by atoms with Crippen LogP contribution in [-0.2, 0) is 9.53 Å². The molecule has 0 radical (unpaired) electrons. The number of aryl methyl sites for hydroxylation is 1. The van der Waals surface area contributed by atoms with Crippen LogP contribution in [0.15, 0.2) is 42.5 Å². The molecular weight excluding hydrogens is 354 g/mol. The maximum absolute atomic E-state index is 12.5. The van der Waals surface area contributed by atoms with Gasteiger partial charge in [-0.25, -0.2) is 4.79 Å². The quantitative estimate of drug-likeness (QED) is 0.807. The number of hydrogen-bond donors (Lipinski definition) is 1. The summed E-state index contributed by atoms with van der Waals surface area (Å²) in [5.41, 5.74) is 5.14. The SMILES string of the molecule is COC(=O)c1ccc(NCC(=O)N2CCN(c3cccc(C)c3C)CC2)cc1. The Bertz CT molecular complexity index is 841. The third kappa shape index (κ3) is 4.44. The molecular formula is C22H27N3O3. The summed E-state index contributed by atoms with van der Waals surface area (Å²) in [6.45, 7) is 7.62. The highest BCUT2D eigenvalue weighted by molar-refractivity contribution is 5.89. The predicted molar refractivity (Wildman–Crippen MR) is 111 cm³/mol. The summed E-state index contributed by atoms with van der Waals surface area (Å²) >= 11 is 0. The summed E-state index contributed by atoms with van der Waals surface area (Å²) in [6.07, 6.45) is 0. The van der Waals surface area contributed by atoms with E-state index < -0.39 is 0 Å². The first kappa shape index (κ1) is 19.7. The number of ether oxygens (including phenoxy) is 1. The summed E-state index contributed by atoms with van der Waals surface area (Å²) in [4.78, 5) is 28.2. The molecule has 1 N–H and O–H groups in total. The summed E-state index contributed by atoms with van der Waals surface area (Å²) < 4.78 is 4.68. The fourth-order valence-electron chi connectivity index (χ4n) is 3.41. The van der Waals surface area contributed by atoms with Crippen LogP contribution < -0.4 is 10.2 Å². The standard InChI is InChI=1S/C22H27N3O3/c1-16-5-4-6-20(17(16)2)24-11-13-25(14-12-24)21(26)15-23-19-9-7-18(8-10-19)22(27)28-3/h4-10,23H,11-15H2,1-3H3. The number of amides is 1. The summed E-state index contributed by atoms with van der Waals surface area (Å²) in [7, 11) is 1.35. The molecule has 2 aromatic carbocycles. The number of hydrogen-bond acceptors (Lipinski definition) is 5. The molecule has 3 rings (SSSR count). The van der Waals surface area contributed by atoms with Crippen molar-refractivity contribution in [3.8, 4) is 0 Å². The van der Waals surface area contributed by atoms with E-state index in [0.29, 0.717) is 5.56 Å². The minimum Gasteiger partial charge on any atom is -0.465 e. The average molecular weight is 381 g/mol. The molecule has 0 aromatic heterocycles. The number of carbonyl (C=O) groups is 2. The molecule has 1 fully saturated rings. The zero-order chi connectivity index (χ0) is 20.1. The number of benzene rings is 2. The number of esters is 1. The molecule has 28 heavy (non-hydrogen) atoms. The van der Waals surface area contributed by atoms with E-state index in [-0.39, 0.29) is 18.4 Å². The third-order valence-electron chi connectivity index (χ3n) is 5.30. The van der Waals surface area contributed by atoms with Crippen molar-refractivity contribution in [3.63, 3.8) is 0 Å². The molecule has 148 valence electrons. The van der Waals surface area contributed by atoms with E-state index >= 15 is 0 Å². The lowest BCUT2D eigenvalue weighted by Gasteiger charge is -2.37. The third-order valence-corrected chi connectivity index (χ3v) is 5.30. The molecule has 6 heteroatoms. The van der Waals surface area contributed by atoms with Gasteiger partial charge in [-0.3, -0.25) is 4.79 Å². The van der Waals surface area contributed by atoms with E-state index in [4.69, 9.17) is 0 Å². The van der Waals surface area contributed by atoms with Gasteiger partial charge in [-0.2, -0.15) is 0 Å². The van der Waals surface area contributed by atoms with Crippen molar-refractivity contribution < 1.29 is 14.3 Å². The lowest BCUT2D eigenvalue weighted by atomic mass is 10.1. The van der Waals surface area contributed by atoms with Crippen LogP contribution in [0.3, 0.4) is 0 Å². The predicted octanol–water partition coefficient (Wildman–Crippen LogP) is 2.85. The van der Waals surface area contributed by atoms with Crippen molar-refractivity contribution in [1.29, 1.82) is 0 Å². The molecule has 6 nitrogen and oxygen atoms in total. The summed E-state index contributed by atoms with van der Waals surface area (Å²) in [5.74, 6) is -0.290. The fourth-order valence-corrected chi connectivity index (χ4v) is 3.41. The number of rotatable bonds is 5. The van der Waals surface area contributed by atoms with Crippen LogP contribution >= 0.6 is 0 Å². The Morgan fingerprint density at radius 2 is 1.68 bits per heavy atom. The van der Waals surface area contributed by atoms with Gasteiger partial charge >= 0.3 is 5.97 Å². The Morgan fingerprint density at radius 1 is 1.00 bits per heavy atom. The molecule has 1 heterocycles. The zero-order valence-electron chi connectivity index (χ0n) is 16.7. The van der Waals surface area contributed by atoms with Crippen molar-refractivity contribution >= 4 is 23.3 Å². The van der Waals surface area contributed by atoms with Gasteiger partial charge in [-0.05, 0) is 55.3 Å². The normalized spacial score (nSPS) is 14.0. The Kier molecular flexibility index (Phi) is 6.19. The fraction of sp³-hybridized carbons (Fsp3) is 0.364. The van der Waals surface area contributed by atoms with E-state index in [0.717, 1.165) is 31.9 Å². The molecule has 0 saturated carbocycles. The van der Waals surface area contributed by atoms with Gasteiger partial charge in [0.05, 0.1) is 19.2 Å². The van der Waals surface area contributed by atoms with E-state index in [2.05, 4.69) is 47.0 Å². The largest absolute Gasteiger partial charge is 0.465 e. The van der Waals surface area contributed by atoms with Crippen molar-refractivity contribution in [2.24, 2.45) is 0 Å². The van der Waals surface area contributed by atoms with E-state index in [9.17, 15) is 9.59 Å². The molecule has 1 aliphatic heterocycles. The molecule has 0 bridgehead atoms. The van der Waals surface area contributed by atoms with E-state index in [1.807, 2.05) is 4.90 Å². The van der Waals surface area contributed by atoms with Gasteiger partial charge in [0.25, 0.3) is 0 Å². The van der Waals surface area contributed by atoms with Crippen molar-refractivity contribution in [2.75, 3.05) is 50.1 Å². The highest BCUT2D eigenvalue weighted by Gasteiger charge is 2.22. The van der Waals surface area contributed by atoms with Crippen molar-refractivity contribution in [3.05, 3.63) is 59.2 Å². The lowest BCUT2D eigenvalue weighted by Crippen LogP contribution is -2.50. The topological polar surface area (TPSA) is 61.9 Å². The summed E-state index contributed by atoms with van der Waals surface area (Å²) in [6, 6.07) is 13.3. The smallest absolute Gasteiger partial charge is 0.337 e. The first-order valence-electron chi connectivity index (χ1n) is 9.51. The van der Waals surface area contributed by atoms with Gasteiger partial charge in [0, 0.05) is 37.6 Å². The highest BCUT2D eigenvalue weighted by atomic mass is 16.5. The molecule has 0 aliphatic carbocycles. The minimum atomic E-state index is -0.371. The van der Waals surface area contributed by atoms with Crippen molar-refractivity contribution in [2.45, 2.75) is 13.8 Å². The lowest BCUT2D eigenvalue weighted by molar-refractivity contribution is -0.129. The number of methoxy groups -OCH3 is 1. The van der Waals surface area contributed by atoms with Crippen LogP contribution in [0, 0.1) is 13.8 Å². The van der Waals surface area contributed by atoms with E-state index in [1.54, 1.807) is 24.3 Å². The monoisotopic (exact) mass is 381 g/mol. The second kappa shape index (κ2) is 8.78. The van der Waals surface area contributed by atoms with Crippen LogP contribution in [0.2, 0.25) is 0 Å². The minimum absolute atomic E-state index is 0.0812. The first-order chi connectivity index (χ1) is 13.5. The molecule has 1 aliphatic rings. The number of nitrogens with zero attached hydrogens (tertiary/aromatic N) is 2. The Balaban J connectivity index is 1.50. The van der Waals surface area contributed by atoms with Crippen LogP contribution in [0.4, 0.5) is 11.4 Å². The second-order valence-electron chi connectivity index (χ2n) is 7.01. The van der Waals surface area contributed by atoms with Crippen LogP contribution in [0.5, 0.6) is 0 Å². The van der Waals surface area contributed by atoms with Gasteiger partial charge in [-0.15, -0.1) is 0 Å². The van der Waals surface area contributed by atoms with Gasteiger partial charge in [-0.1, -0.05) is 12.1 Å². The van der Waals surface area contributed by atoms with Crippen LogP contribution in [-0.4, -0.2) is 56.6 Å². The number of carbonyl (C=O) groups excluding carboxylic acids is 2. The number of piperazine rings is 1. The van der Waals surface area contributed by atoms with Crippen LogP contribution in [0.1, 0.15) is 21.5 Å². The molecule has 1 saturated heterocycles. The van der Waals surface area contributed by atoms with Gasteiger partial charge in [0.15, 0.2) is 0 Å². The molecule has 0 unspecified atom stereocenters. The summed E-state index contributed by atoms with van der Waals surface area (Å²) in [5, 5.41) is 3.13. The highest BCUT2D eigenvalue weighted by Crippen LogP contribution is 2.23. The molecule has 0 atom stereocenters. The number of nitrogens with one attached hydrogen (secondary N) is 1. The molecule has 1 amide bonds. The zero-order valence-corrected chi connectivity index (χ0v) is 16.7. The maximum atomic E-state index is 12.5.